The first-order valence-corrected chi connectivity index (χ1v) is 5.33. The molecule has 1 N–H and O–H groups in total. The number of thiazole rings is 1. The molecule has 0 unspecified atom stereocenters. The maximum absolute atomic E-state index is 10.8. The Kier molecular flexibility index (Phi) is 2.77. The summed E-state index contributed by atoms with van der Waals surface area (Å²) in [6.45, 7) is 5.91. The monoisotopic (exact) mass is 263 g/mol. The van der Waals surface area contributed by atoms with Gasteiger partial charge in [-0.1, -0.05) is 20.8 Å². The van der Waals surface area contributed by atoms with Crippen molar-refractivity contribution in [2.24, 2.45) is 0 Å². The zero-order valence-corrected chi connectivity index (χ0v) is 9.99. The third-order valence-corrected chi connectivity index (χ3v) is 3.42. The second-order valence-electron chi connectivity index (χ2n) is 3.70. The average molecular weight is 264 g/mol. The van der Waals surface area contributed by atoms with Crippen LogP contribution in [-0.4, -0.2) is 16.1 Å². The van der Waals surface area contributed by atoms with Crippen molar-refractivity contribution < 1.29 is 9.90 Å². The van der Waals surface area contributed by atoms with Crippen molar-refractivity contribution >= 4 is 33.2 Å². The Morgan fingerprint density at radius 3 is 2.38 bits per heavy atom. The van der Waals surface area contributed by atoms with E-state index in [0.29, 0.717) is 3.92 Å². The summed E-state index contributed by atoms with van der Waals surface area (Å²) in [5, 5.41) is 8.87. The van der Waals surface area contributed by atoms with E-state index in [-0.39, 0.29) is 11.1 Å². The van der Waals surface area contributed by atoms with E-state index < -0.39 is 5.97 Å². The molecule has 0 aliphatic rings. The Morgan fingerprint density at radius 2 is 2.08 bits per heavy atom. The first-order valence-electron chi connectivity index (χ1n) is 3.72. The number of rotatable bonds is 1. The fourth-order valence-electron chi connectivity index (χ4n) is 0.947. The summed E-state index contributed by atoms with van der Waals surface area (Å²) < 4.78 is 0.620. The lowest BCUT2D eigenvalue weighted by Crippen LogP contribution is -2.14. The van der Waals surface area contributed by atoms with Gasteiger partial charge in [-0.3, -0.25) is 0 Å². The van der Waals surface area contributed by atoms with E-state index in [1.165, 1.54) is 11.3 Å². The van der Waals surface area contributed by atoms with E-state index in [1.54, 1.807) is 0 Å². The van der Waals surface area contributed by atoms with Gasteiger partial charge in [-0.2, -0.15) is 0 Å². The topological polar surface area (TPSA) is 50.2 Å². The van der Waals surface area contributed by atoms with Crippen molar-refractivity contribution in [3.05, 3.63) is 14.5 Å². The molecule has 13 heavy (non-hydrogen) atoms. The summed E-state index contributed by atoms with van der Waals surface area (Å²) in [4.78, 5) is 15.5. The third kappa shape index (κ3) is 2.28. The van der Waals surface area contributed by atoms with Gasteiger partial charge in [-0.05, 0) is 21.3 Å². The van der Waals surface area contributed by atoms with E-state index in [1.807, 2.05) is 20.8 Å². The van der Waals surface area contributed by atoms with E-state index in [9.17, 15) is 4.79 Å². The molecular formula is C8H10BrNO2S. The molecule has 0 atom stereocenters. The van der Waals surface area contributed by atoms with Crippen LogP contribution in [0.1, 0.15) is 36.1 Å². The average Bonchev–Trinajstić information content (AvgIpc) is 2.29. The van der Waals surface area contributed by atoms with Crippen LogP contribution in [0.4, 0.5) is 0 Å². The maximum Gasteiger partial charge on any atom is 0.355 e. The minimum Gasteiger partial charge on any atom is -0.476 e. The number of carboxylic acid groups (broad SMARTS) is 1. The Hall–Kier alpha value is -0.420. The van der Waals surface area contributed by atoms with Crippen molar-refractivity contribution in [1.82, 2.24) is 4.98 Å². The smallest absolute Gasteiger partial charge is 0.355 e. The summed E-state index contributed by atoms with van der Waals surface area (Å²) in [5.74, 6) is -0.966. The molecule has 0 radical (unpaired) electrons. The molecule has 3 nitrogen and oxygen atoms in total. The lowest BCUT2D eigenvalue weighted by Gasteiger charge is -2.15. The van der Waals surface area contributed by atoms with Gasteiger partial charge in [-0.25, -0.2) is 9.78 Å². The highest BCUT2D eigenvalue weighted by atomic mass is 79.9. The fourth-order valence-corrected chi connectivity index (χ4v) is 2.45. The van der Waals surface area contributed by atoms with Gasteiger partial charge in [0.1, 0.15) is 0 Å². The van der Waals surface area contributed by atoms with E-state index in [4.69, 9.17) is 5.11 Å². The van der Waals surface area contributed by atoms with Gasteiger partial charge >= 0.3 is 5.97 Å². The first-order chi connectivity index (χ1) is 5.82. The van der Waals surface area contributed by atoms with E-state index in [2.05, 4.69) is 20.9 Å². The molecule has 0 aliphatic carbocycles. The minimum atomic E-state index is -0.966. The molecule has 1 aromatic rings. The molecule has 0 bridgehead atoms. The lowest BCUT2D eigenvalue weighted by atomic mass is 9.93. The second kappa shape index (κ2) is 3.38. The van der Waals surface area contributed by atoms with Crippen LogP contribution in [0, 0.1) is 0 Å². The first kappa shape index (κ1) is 10.7. The zero-order chi connectivity index (χ0) is 10.2. The SMILES string of the molecule is CC(C)(C)c1sc(Br)nc1C(=O)O. The summed E-state index contributed by atoms with van der Waals surface area (Å²) in [6, 6.07) is 0. The van der Waals surface area contributed by atoms with Crippen LogP contribution in [0.3, 0.4) is 0 Å². The normalized spacial score (nSPS) is 11.7. The van der Waals surface area contributed by atoms with E-state index in [0.717, 1.165) is 4.88 Å². The lowest BCUT2D eigenvalue weighted by molar-refractivity contribution is 0.0688. The second-order valence-corrected chi connectivity index (χ2v) is 5.97. The minimum absolute atomic E-state index is 0.157. The quantitative estimate of drug-likeness (QED) is 0.848. The molecule has 1 heterocycles. The molecule has 1 rings (SSSR count). The van der Waals surface area contributed by atoms with Crippen molar-refractivity contribution in [3.63, 3.8) is 0 Å². The fraction of sp³-hybridized carbons (Fsp3) is 0.500. The number of aromatic carboxylic acids is 1. The molecule has 0 aliphatic heterocycles. The summed E-state index contributed by atoms with van der Waals surface area (Å²) in [7, 11) is 0. The molecule has 0 spiro atoms. The van der Waals surface area contributed by atoms with E-state index >= 15 is 0 Å². The van der Waals surface area contributed by atoms with Crippen LogP contribution in [0.2, 0.25) is 0 Å². The van der Waals surface area contributed by atoms with Crippen molar-refractivity contribution in [2.75, 3.05) is 0 Å². The number of nitrogens with zero attached hydrogens (tertiary/aromatic N) is 1. The zero-order valence-electron chi connectivity index (χ0n) is 7.59. The summed E-state index contributed by atoms with van der Waals surface area (Å²) in [6.07, 6.45) is 0. The summed E-state index contributed by atoms with van der Waals surface area (Å²) >= 11 is 4.56. The number of hydrogen-bond donors (Lipinski definition) is 1. The molecule has 0 fully saturated rings. The van der Waals surface area contributed by atoms with Crippen LogP contribution in [0.15, 0.2) is 3.92 Å². The predicted molar refractivity (Wildman–Crippen MR) is 55.5 cm³/mol. The van der Waals surface area contributed by atoms with Crippen LogP contribution < -0.4 is 0 Å². The molecule has 5 heteroatoms. The van der Waals surface area contributed by atoms with Crippen molar-refractivity contribution in [1.29, 1.82) is 0 Å². The molecule has 0 aromatic carbocycles. The molecule has 1 aromatic heterocycles. The number of hydrogen-bond acceptors (Lipinski definition) is 3. The Bertz CT molecular complexity index is 340. The highest BCUT2D eigenvalue weighted by Crippen LogP contribution is 2.33. The number of halogens is 1. The van der Waals surface area contributed by atoms with Crippen molar-refractivity contribution in [2.45, 2.75) is 26.2 Å². The van der Waals surface area contributed by atoms with Gasteiger partial charge in [-0.15, -0.1) is 11.3 Å². The Balaban J connectivity index is 3.28. The van der Waals surface area contributed by atoms with Gasteiger partial charge in [0, 0.05) is 4.88 Å². The Morgan fingerprint density at radius 1 is 1.54 bits per heavy atom. The molecule has 0 saturated heterocycles. The highest BCUT2D eigenvalue weighted by molar-refractivity contribution is 9.11. The largest absolute Gasteiger partial charge is 0.476 e. The van der Waals surface area contributed by atoms with Crippen LogP contribution in [0.25, 0.3) is 0 Å². The van der Waals surface area contributed by atoms with Gasteiger partial charge < -0.3 is 5.11 Å². The van der Waals surface area contributed by atoms with Gasteiger partial charge in [0.05, 0.1) is 0 Å². The number of aromatic nitrogens is 1. The van der Waals surface area contributed by atoms with Crippen molar-refractivity contribution in [3.8, 4) is 0 Å². The standard InChI is InChI=1S/C8H10BrNO2S/c1-8(2,3)5-4(6(11)12)10-7(9)13-5/h1-3H3,(H,11,12). The third-order valence-electron chi connectivity index (χ3n) is 1.48. The number of carbonyl (C=O) groups is 1. The summed E-state index contributed by atoms with van der Waals surface area (Å²) in [5.41, 5.74) is -0.0124. The van der Waals surface area contributed by atoms with Gasteiger partial charge in [0.25, 0.3) is 0 Å². The van der Waals surface area contributed by atoms with Crippen LogP contribution >= 0.6 is 27.3 Å². The maximum atomic E-state index is 10.8. The van der Waals surface area contributed by atoms with Gasteiger partial charge in [0.15, 0.2) is 9.61 Å². The van der Waals surface area contributed by atoms with Crippen LogP contribution in [0.5, 0.6) is 0 Å². The molecule has 0 saturated carbocycles. The number of carboxylic acids is 1. The van der Waals surface area contributed by atoms with Gasteiger partial charge in [0.2, 0.25) is 0 Å². The molecular weight excluding hydrogens is 254 g/mol. The molecule has 0 amide bonds. The van der Waals surface area contributed by atoms with Crippen LogP contribution in [-0.2, 0) is 5.41 Å². The Labute approximate surface area is 88.9 Å². The molecule has 72 valence electrons. The predicted octanol–water partition coefficient (Wildman–Crippen LogP) is 2.90. The highest BCUT2D eigenvalue weighted by Gasteiger charge is 2.26.